The van der Waals surface area contributed by atoms with Crippen LogP contribution in [0.15, 0.2) is 24.3 Å². The molecule has 2 rings (SSSR count). The zero-order valence-corrected chi connectivity index (χ0v) is 16.6. The zero-order chi connectivity index (χ0) is 19.3. The summed E-state index contributed by atoms with van der Waals surface area (Å²) in [6.45, 7) is 6.01. The van der Waals surface area contributed by atoms with Crippen molar-refractivity contribution in [2.45, 2.75) is 38.7 Å². The van der Waals surface area contributed by atoms with E-state index in [1.807, 2.05) is 43.3 Å². The van der Waals surface area contributed by atoms with E-state index in [0.717, 1.165) is 31.5 Å². The van der Waals surface area contributed by atoms with E-state index in [2.05, 4.69) is 4.90 Å². The second-order valence-electron chi connectivity index (χ2n) is 8.64. The highest BCUT2D eigenvalue weighted by atomic mass is 16.3. The van der Waals surface area contributed by atoms with Gasteiger partial charge in [0.1, 0.15) is 0 Å². The molecule has 2 N–H and O–H groups in total. The number of aliphatic hydroxyl groups excluding tert-OH is 1. The molecule has 146 valence electrons. The van der Waals surface area contributed by atoms with Crippen LogP contribution in [-0.2, 0) is 6.42 Å². The van der Waals surface area contributed by atoms with Crippen LogP contribution in [0.2, 0.25) is 0 Å². The SMILES string of the molecule is CN(C)C[C@@H]1C[C@@H](CO)CN(C(=O)c2cccc(CCC(C)(C)O)c2)C1. The standard InChI is InChI=1S/C21H34N2O3/c1-21(2,26)9-8-16-6-5-7-19(11-16)20(25)23-13-17(12-22(3)4)10-18(14-23)15-24/h5-7,11,17-18,24,26H,8-10,12-15H2,1-4H3/t17-,18+/m0/s1. The first-order valence-electron chi connectivity index (χ1n) is 9.54. The molecule has 0 aromatic heterocycles. The number of rotatable bonds is 7. The highest BCUT2D eigenvalue weighted by Gasteiger charge is 2.30. The lowest BCUT2D eigenvalue weighted by atomic mass is 9.88. The van der Waals surface area contributed by atoms with E-state index < -0.39 is 5.60 Å². The van der Waals surface area contributed by atoms with Gasteiger partial charge in [-0.15, -0.1) is 0 Å². The van der Waals surface area contributed by atoms with E-state index in [0.29, 0.717) is 24.4 Å². The van der Waals surface area contributed by atoms with Crippen LogP contribution in [0.4, 0.5) is 0 Å². The maximum absolute atomic E-state index is 13.0. The lowest BCUT2D eigenvalue weighted by Gasteiger charge is -2.38. The Morgan fingerprint density at radius 2 is 1.96 bits per heavy atom. The molecule has 5 heteroatoms. The number of piperidine rings is 1. The molecule has 0 unspecified atom stereocenters. The minimum Gasteiger partial charge on any atom is -0.396 e. The number of hydrogen-bond acceptors (Lipinski definition) is 4. The summed E-state index contributed by atoms with van der Waals surface area (Å²) in [5.41, 5.74) is 1.06. The fourth-order valence-corrected chi connectivity index (χ4v) is 3.76. The summed E-state index contributed by atoms with van der Waals surface area (Å²) < 4.78 is 0. The number of likely N-dealkylation sites (tertiary alicyclic amines) is 1. The molecule has 0 bridgehead atoms. The molecule has 1 aromatic rings. The molecule has 1 aliphatic rings. The lowest BCUT2D eigenvalue weighted by Crippen LogP contribution is -2.47. The van der Waals surface area contributed by atoms with Crippen LogP contribution in [0.5, 0.6) is 0 Å². The Kier molecular flexibility index (Phi) is 7.21. The Hall–Kier alpha value is -1.43. The molecule has 0 saturated carbocycles. The molecule has 1 amide bonds. The molecule has 0 radical (unpaired) electrons. The van der Waals surface area contributed by atoms with Gasteiger partial charge < -0.3 is 20.0 Å². The smallest absolute Gasteiger partial charge is 0.253 e. The van der Waals surface area contributed by atoms with Crippen LogP contribution < -0.4 is 0 Å². The van der Waals surface area contributed by atoms with Crippen molar-refractivity contribution in [3.63, 3.8) is 0 Å². The summed E-state index contributed by atoms with van der Waals surface area (Å²) >= 11 is 0. The average molecular weight is 363 g/mol. The van der Waals surface area contributed by atoms with Gasteiger partial charge in [0, 0.05) is 31.8 Å². The normalized spacial score (nSPS) is 21.3. The molecule has 5 nitrogen and oxygen atoms in total. The predicted molar refractivity (Wildman–Crippen MR) is 104 cm³/mol. The van der Waals surface area contributed by atoms with E-state index in [-0.39, 0.29) is 18.4 Å². The number of aryl methyl sites for hydroxylation is 1. The largest absolute Gasteiger partial charge is 0.396 e. The Bertz CT molecular complexity index is 595. The van der Waals surface area contributed by atoms with Crippen LogP contribution in [0.25, 0.3) is 0 Å². The van der Waals surface area contributed by atoms with Gasteiger partial charge in [-0.3, -0.25) is 4.79 Å². The van der Waals surface area contributed by atoms with Crippen LogP contribution in [0, 0.1) is 11.8 Å². The van der Waals surface area contributed by atoms with Crippen molar-refractivity contribution in [2.75, 3.05) is 40.3 Å². The van der Waals surface area contributed by atoms with Crippen molar-refractivity contribution < 1.29 is 15.0 Å². The van der Waals surface area contributed by atoms with Gasteiger partial charge >= 0.3 is 0 Å². The Morgan fingerprint density at radius 1 is 1.27 bits per heavy atom. The molecule has 1 aliphatic heterocycles. The fourth-order valence-electron chi connectivity index (χ4n) is 3.76. The highest BCUT2D eigenvalue weighted by molar-refractivity contribution is 5.94. The van der Waals surface area contributed by atoms with E-state index in [9.17, 15) is 15.0 Å². The van der Waals surface area contributed by atoms with Gasteiger partial charge in [-0.25, -0.2) is 0 Å². The van der Waals surface area contributed by atoms with Gasteiger partial charge in [-0.1, -0.05) is 12.1 Å². The number of amides is 1. The average Bonchev–Trinajstić information content (AvgIpc) is 2.58. The van der Waals surface area contributed by atoms with Gasteiger partial charge in [0.05, 0.1) is 5.60 Å². The quantitative estimate of drug-likeness (QED) is 0.779. The molecule has 0 aliphatic carbocycles. The molecule has 26 heavy (non-hydrogen) atoms. The molecule has 1 heterocycles. The van der Waals surface area contributed by atoms with Gasteiger partial charge in [0.2, 0.25) is 0 Å². The minimum absolute atomic E-state index is 0.0389. The van der Waals surface area contributed by atoms with Crippen molar-refractivity contribution in [1.29, 1.82) is 0 Å². The Labute approximate surface area is 157 Å². The molecular weight excluding hydrogens is 328 g/mol. The maximum atomic E-state index is 13.0. The molecule has 0 spiro atoms. The van der Waals surface area contributed by atoms with Crippen LogP contribution in [0.1, 0.15) is 42.6 Å². The Balaban J connectivity index is 2.08. The van der Waals surface area contributed by atoms with Crippen LogP contribution >= 0.6 is 0 Å². The predicted octanol–water partition coefficient (Wildman–Crippen LogP) is 2.02. The van der Waals surface area contributed by atoms with Crippen LogP contribution in [-0.4, -0.2) is 71.9 Å². The third-order valence-corrected chi connectivity index (χ3v) is 4.99. The summed E-state index contributed by atoms with van der Waals surface area (Å²) in [6.07, 6.45) is 2.36. The fraction of sp³-hybridized carbons (Fsp3) is 0.667. The third kappa shape index (κ3) is 6.38. The number of carbonyl (C=O) groups is 1. The topological polar surface area (TPSA) is 64.0 Å². The first-order chi connectivity index (χ1) is 12.2. The maximum Gasteiger partial charge on any atom is 0.253 e. The second kappa shape index (κ2) is 8.98. The number of benzene rings is 1. The van der Waals surface area contributed by atoms with Crippen molar-refractivity contribution in [1.82, 2.24) is 9.80 Å². The number of aliphatic hydroxyl groups is 2. The lowest BCUT2D eigenvalue weighted by molar-refractivity contribution is 0.0477. The summed E-state index contributed by atoms with van der Waals surface area (Å²) in [5.74, 6) is 0.575. The van der Waals surface area contributed by atoms with Crippen molar-refractivity contribution in [3.8, 4) is 0 Å². The Morgan fingerprint density at radius 3 is 2.58 bits per heavy atom. The number of hydrogen-bond donors (Lipinski definition) is 2. The summed E-state index contributed by atoms with van der Waals surface area (Å²) in [7, 11) is 4.09. The summed E-state index contributed by atoms with van der Waals surface area (Å²) in [6, 6.07) is 7.72. The van der Waals surface area contributed by atoms with Gasteiger partial charge in [-0.2, -0.15) is 0 Å². The highest BCUT2D eigenvalue weighted by Crippen LogP contribution is 2.24. The number of carbonyl (C=O) groups excluding carboxylic acids is 1. The van der Waals surface area contributed by atoms with E-state index >= 15 is 0 Å². The molecule has 2 atom stereocenters. The first-order valence-corrected chi connectivity index (χ1v) is 9.54. The van der Waals surface area contributed by atoms with Crippen molar-refractivity contribution in [2.24, 2.45) is 11.8 Å². The van der Waals surface area contributed by atoms with Crippen LogP contribution in [0.3, 0.4) is 0 Å². The number of nitrogens with zero attached hydrogens (tertiary/aromatic N) is 2. The zero-order valence-electron chi connectivity index (χ0n) is 16.6. The minimum atomic E-state index is -0.708. The molecule has 1 saturated heterocycles. The van der Waals surface area contributed by atoms with Crippen molar-refractivity contribution in [3.05, 3.63) is 35.4 Å². The summed E-state index contributed by atoms with van der Waals surface area (Å²) in [5, 5.41) is 19.5. The summed E-state index contributed by atoms with van der Waals surface area (Å²) in [4.78, 5) is 17.1. The second-order valence-corrected chi connectivity index (χ2v) is 8.64. The van der Waals surface area contributed by atoms with E-state index in [4.69, 9.17) is 0 Å². The monoisotopic (exact) mass is 362 g/mol. The molecule has 1 fully saturated rings. The third-order valence-electron chi connectivity index (χ3n) is 4.99. The van der Waals surface area contributed by atoms with E-state index in [1.54, 1.807) is 13.8 Å². The van der Waals surface area contributed by atoms with Gasteiger partial charge in [0.25, 0.3) is 5.91 Å². The first kappa shape index (κ1) is 20.9. The van der Waals surface area contributed by atoms with Gasteiger partial charge in [-0.05, 0) is 76.7 Å². The van der Waals surface area contributed by atoms with Gasteiger partial charge in [0.15, 0.2) is 0 Å². The molecular formula is C21H34N2O3. The molecule has 1 aromatic carbocycles. The van der Waals surface area contributed by atoms with E-state index in [1.165, 1.54) is 0 Å². The van der Waals surface area contributed by atoms with Crippen molar-refractivity contribution >= 4 is 5.91 Å².